The lowest BCUT2D eigenvalue weighted by Crippen LogP contribution is -2.28. The van der Waals surface area contributed by atoms with E-state index in [-0.39, 0.29) is 0 Å². The quantitative estimate of drug-likeness (QED) is 0.423. The van der Waals surface area contributed by atoms with Crippen LogP contribution in [0.3, 0.4) is 0 Å². The van der Waals surface area contributed by atoms with Crippen molar-refractivity contribution in [3.8, 4) is 11.4 Å². The highest BCUT2D eigenvalue weighted by molar-refractivity contribution is 5.82. The molecule has 0 fully saturated rings. The van der Waals surface area contributed by atoms with E-state index < -0.39 is 5.41 Å². The zero-order chi connectivity index (χ0) is 18.4. The van der Waals surface area contributed by atoms with Gasteiger partial charge in [-0.25, -0.2) is 0 Å². The summed E-state index contributed by atoms with van der Waals surface area (Å²) in [6, 6.07) is 26.0. The van der Waals surface area contributed by atoms with Crippen molar-refractivity contribution in [1.82, 2.24) is 9.97 Å². The summed E-state index contributed by atoms with van der Waals surface area (Å²) in [5.41, 5.74) is 8.83. The summed E-state index contributed by atoms with van der Waals surface area (Å²) in [4.78, 5) is 9.63. The maximum absolute atomic E-state index is 4.81. The third-order valence-electron chi connectivity index (χ3n) is 5.49. The van der Waals surface area contributed by atoms with Crippen LogP contribution in [-0.2, 0) is 5.41 Å². The average molecular weight is 348 g/mol. The van der Waals surface area contributed by atoms with Crippen molar-refractivity contribution in [2.45, 2.75) is 19.3 Å². The summed E-state index contributed by atoms with van der Waals surface area (Å²) in [6.07, 6.45) is 3.88. The van der Waals surface area contributed by atoms with E-state index in [9.17, 15) is 0 Å². The first-order chi connectivity index (χ1) is 13.2. The number of aromatic nitrogens is 2. The first kappa shape index (κ1) is 16.0. The molecule has 0 saturated carbocycles. The normalized spacial score (nSPS) is 13.9. The topological polar surface area (TPSA) is 25.8 Å². The Balaban J connectivity index is 2.00. The SMILES string of the molecule is Cc1cnc2c(c1)C(c1ccccc1)(c1ccccc1)c1cc(C)cnc1-2. The fourth-order valence-corrected chi connectivity index (χ4v) is 4.40. The molecule has 0 amide bonds. The predicted octanol–water partition coefficient (Wildman–Crippen LogP) is 5.46. The van der Waals surface area contributed by atoms with Gasteiger partial charge in [-0.1, -0.05) is 72.8 Å². The number of pyridine rings is 2. The van der Waals surface area contributed by atoms with Gasteiger partial charge in [0.1, 0.15) is 0 Å². The van der Waals surface area contributed by atoms with E-state index in [0.717, 1.165) is 22.5 Å². The van der Waals surface area contributed by atoms with Crippen LogP contribution in [-0.4, -0.2) is 9.97 Å². The summed E-state index contributed by atoms with van der Waals surface area (Å²) in [5, 5.41) is 0. The van der Waals surface area contributed by atoms with Gasteiger partial charge in [0.2, 0.25) is 0 Å². The molecule has 2 heterocycles. The highest BCUT2D eigenvalue weighted by atomic mass is 14.8. The Morgan fingerprint density at radius 3 is 1.41 bits per heavy atom. The number of hydrogen-bond acceptors (Lipinski definition) is 2. The van der Waals surface area contributed by atoms with Crippen molar-refractivity contribution < 1.29 is 0 Å². The molecule has 2 heteroatoms. The van der Waals surface area contributed by atoms with Gasteiger partial charge in [0, 0.05) is 12.4 Å². The Bertz CT molecular complexity index is 1040. The highest BCUT2D eigenvalue weighted by Crippen LogP contribution is 2.54. The van der Waals surface area contributed by atoms with Crippen LogP contribution in [0.1, 0.15) is 33.4 Å². The number of benzene rings is 2. The summed E-state index contributed by atoms with van der Waals surface area (Å²) < 4.78 is 0. The van der Waals surface area contributed by atoms with Crippen LogP contribution in [0.5, 0.6) is 0 Å². The molecule has 0 aliphatic heterocycles. The van der Waals surface area contributed by atoms with E-state index in [1.807, 2.05) is 12.4 Å². The van der Waals surface area contributed by atoms with E-state index >= 15 is 0 Å². The molecule has 0 atom stereocenters. The summed E-state index contributed by atoms with van der Waals surface area (Å²) in [7, 11) is 0. The lowest BCUT2D eigenvalue weighted by Gasteiger charge is -2.33. The highest BCUT2D eigenvalue weighted by Gasteiger charge is 2.47. The molecule has 1 aliphatic carbocycles. The zero-order valence-electron chi connectivity index (χ0n) is 15.5. The smallest absolute Gasteiger partial charge is 0.0937 e. The van der Waals surface area contributed by atoms with Crippen LogP contribution in [0, 0.1) is 13.8 Å². The van der Waals surface area contributed by atoms with Gasteiger partial charge >= 0.3 is 0 Å². The average Bonchev–Trinajstić information content (AvgIpc) is 2.99. The van der Waals surface area contributed by atoms with Crippen molar-refractivity contribution >= 4 is 0 Å². The summed E-state index contributed by atoms with van der Waals surface area (Å²) in [5.74, 6) is 0. The van der Waals surface area contributed by atoms with Gasteiger partial charge in [-0.15, -0.1) is 0 Å². The van der Waals surface area contributed by atoms with Gasteiger partial charge < -0.3 is 0 Å². The fraction of sp³-hybridized carbons (Fsp3) is 0.120. The van der Waals surface area contributed by atoms with Gasteiger partial charge in [-0.05, 0) is 47.2 Å². The molecule has 2 nitrogen and oxygen atoms in total. The van der Waals surface area contributed by atoms with Crippen LogP contribution < -0.4 is 0 Å². The first-order valence-corrected chi connectivity index (χ1v) is 9.27. The Kier molecular flexibility index (Phi) is 3.48. The minimum atomic E-state index is -0.398. The van der Waals surface area contributed by atoms with Crippen molar-refractivity contribution in [1.29, 1.82) is 0 Å². The van der Waals surface area contributed by atoms with E-state index in [4.69, 9.17) is 9.97 Å². The van der Waals surface area contributed by atoms with Gasteiger partial charge in [0.25, 0.3) is 0 Å². The van der Waals surface area contributed by atoms with E-state index in [1.54, 1.807) is 0 Å². The number of nitrogens with zero attached hydrogens (tertiary/aromatic N) is 2. The van der Waals surface area contributed by atoms with Crippen LogP contribution in [0.2, 0.25) is 0 Å². The Labute approximate surface area is 159 Å². The largest absolute Gasteiger partial charge is 0.254 e. The molecule has 0 spiro atoms. The lowest BCUT2D eigenvalue weighted by molar-refractivity contribution is 0.762. The van der Waals surface area contributed by atoms with Crippen LogP contribution in [0.15, 0.2) is 85.2 Å². The van der Waals surface area contributed by atoms with Gasteiger partial charge in [0.05, 0.1) is 16.8 Å². The van der Waals surface area contributed by atoms with Crippen LogP contribution in [0.4, 0.5) is 0 Å². The maximum Gasteiger partial charge on any atom is 0.0937 e. The second-order valence-electron chi connectivity index (χ2n) is 7.30. The van der Waals surface area contributed by atoms with Crippen molar-refractivity contribution in [2.75, 3.05) is 0 Å². The Morgan fingerprint density at radius 2 is 1.00 bits per heavy atom. The third kappa shape index (κ3) is 2.20. The molecule has 0 unspecified atom stereocenters. The second-order valence-corrected chi connectivity index (χ2v) is 7.30. The molecular weight excluding hydrogens is 328 g/mol. The fourth-order valence-electron chi connectivity index (χ4n) is 4.40. The molecule has 0 radical (unpaired) electrons. The molecule has 130 valence electrons. The summed E-state index contributed by atoms with van der Waals surface area (Å²) in [6.45, 7) is 4.21. The number of rotatable bonds is 2. The predicted molar refractivity (Wildman–Crippen MR) is 109 cm³/mol. The van der Waals surface area contributed by atoms with E-state index in [2.05, 4.69) is 86.6 Å². The van der Waals surface area contributed by atoms with E-state index in [1.165, 1.54) is 22.3 Å². The molecule has 27 heavy (non-hydrogen) atoms. The minimum Gasteiger partial charge on any atom is -0.254 e. The van der Waals surface area contributed by atoms with E-state index in [0.29, 0.717) is 0 Å². The monoisotopic (exact) mass is 348 g/mol. The minimum absolute atomic E-state index is 0.398. The molecule has 5 rings (SSSR count). The maximum atomic E-state index is 4.81. The van der Waals surface area contributed by atoms with Gasteiger partial charge in [-0.2, -0.15) is 0 Å². The third-order valence-corrected chi connectivity index (χ3v) is 5.49. The number of aryl methyl sites for hydroxylation is 2. The number of fused-ring (bicyclic) bond motifs is 3. The molecule has 0 N–H and O–H groups in total. The van der Waals surface area contributed by atoms with Gasteiger partial charge in [-0.3, -0.25) is 9.97 Å². The summed E-state index contributed by atoms with van der Waals surface area (Å²) >= 11 is 0. The van der Waals surface area contributed by atoms with Crippen molar-refractivity contribution in [2.24, 2.45) is 0 Å². The second kappa shape index (κ2) is 5.88. The molecule has 0 bridgehead atoms. The lowest BCUT2D eigenvalue weighted by atomic mass is 9.68. The van der Waals surface area contributed by atoms with Crippen LogP contribution in [0.25, 0.3) is 11.4 Å². The Morgan fingerprint density at radius 1 is 0.593 bits per heavy atom. The first-order valence-electron chi connectivity index (χ1n) is 9.27. The molecule has 2 aromatic carbocycles. The standard InChI is InChI=1S/C25H20N2/c1-17-13-21-23(26-15-17)24-22(14-18(2)16-27-24)25(21,19-9-5-3-6-10-19)20-11-7-4-8-12-20/h3-16H,1-2H3. The molecule has 4 aromatic rings. The Hall–Kier alpha value is -3.26. The van der Waals surface area contributed by atoms with Crippen molar-refractivity contribution in [3.63, 3.8) is 0 Å². The molecule has 2 aromatic heterocycles. The van der Waals surface area contributed by atoms with Crippen molar-refractivity contribution in [3.05, 3.63) is 119 Å². The number of hydrogen-bond donors (Lipinski definition) is 0. The molecule has 1 aliphatic rings. The zero-order valence-corrected chi connectivity index (χ0v) is 15.5. The molecular formula is C25H20N2. The van der Waals surface area contributed by atoms with Crippen LogP contribution >= 0.6 is 0 Å². The van der Waals surface area contributed by atoms with Gasteiger partial charge in [0.15, 0.2) is 0 Å². The molecule has 0 saturated heterocycles.